The number of alkyl halides is 1. The van der Waals surface area contributed by atoms with Crippen molar-refractivity contribution in [2.75, 3.05) is 6.54 Å². The average molecular weight is 131 g/mol. The van der Waals surface area contributed by atoms with Gasteiger partial charge in [0.1, 0.15) is 6.17 Å². The van der Waals surface area contributed by atoms with Crippen molar-refractivity contribution >= 4 is 0 Å². The molecule has 0 amide bonds. The van der Waals surface area contributed by atoms with Crippen LogP contribution in [0.4, 0.5) is 4.39 Å². The lowest BCUT2D eigenvalue weighted by atomic mass is 9.80. The maximum Gasteiger partial charge on any atom is 0.128 e. The van der Waals surface area contributed by atoms with Crippen molar-refractivity contribution in [2.45, 2.75) is 33.0 Å². The second kappa shape index (κ2) is 1.94. The third-order valence-corrected chi connectivity index (χ3v) is 1.83. The Bertz CT molecular complexity index is 106. The molecule has 0 saturated carbocycles. The van der Waals surface area contributed by atoms with Gasteiger partial charge < -0.3 is 5.32 Å². The normalized spacial score (nSPS) is 36.0. The third-order valence-electron chi connectivity index (χ3n) is 1.83. The molecule has 0 aromatic heterocycles. The van der Waals surface area contributed by atoms with Crippen LogP contribution in [-0.2, 0) is 0 Å². The van der Waals surface area contributed by atoms with Crippen LogP contribution in [0.5, 0.6) is 0 Å². The first-order valence-electron chi connectivity index (χ1n) is 3.39. The van der Waals surface area contributed by atoms with E-state index in [0.29, 0.717) is 6.54 Å². The molecular weight excluding hydrogens is 117 g/mol. The van der Waals surface area contributed by atoms with Gasteiger partial charge in [0.15, 0.2) is 0 Å². The molecule has 1 saturated heterocycles. The molecule has 1 N–H and O–H groups in total. The molecule has 0 spiro atoms. The van der Waals surface area contributed by atoms with Crippen LogP contribution in [0.15, 0.2) is 0 Å². The number of halogens is 1. The van der Waals surface area contributed by atoms with Crippen LogP contribution >= 0.6 is 0 Å². The number of hydrogen-bond donors (Lipinski definition) is 1. The molecule has 1 heterocycles. The lowest BCUT2D eigenvalue weighted by Gasteiger charge is -2.41. The molecule has 2 atom stereocenters. The van der Waals surface area contributed by atoms with Gasteiger partial charge >= 0.3 is 0 Å². The summed E-state index contributed by atoms with van der Waals surface area (Å²) in [5.74, 6) is 0. The quantitative estimate of drug-likeness (QED) is 0.523. The van der Waals surface area contributed by atoms with Gasteiger partial charge in [0.2, 0.25) is 0 Å². The minimum absolute atomic E-state index is 0.0810. The van der Waals surface area contributed by atoms with Gasteiger partial charge in [-0.2, -0.15) is 0 Å². The molecule has 1 fully saturated rings. The van der Waals surface area contributed by atoms with Gasteiger partial charge in [0.05, 0.1) is 0 Å². The van der Waals surface area contributed by atoms with Gasteiger partial charge in [-0.15, -0.1) is 0 Å². The van der Waals surface area contributed by atoms with Crippen LogP contribution in [-0.4, -0.2) is 18.8 Å². The zero-order chi connectivity index (χ0) is 7.07. The van der Waals surface area contributed by atoms with Crippen molar-refractivity contribution in [3.05, 3.63) is 0 Å². The predicted octanol–water partition coefficient (Wildman–Crippen LogP) is 1.34. The summed E-state index contributed by atoms with van der Waals surface area (Å²) in [6.45, 7) is 6.70. The number of nitrogens with one attached hydrogen (secondary N) is 1. The largest absolute Gasteiger partial charge is 0.308 e. The van der Waals surface area contributed by atoms with E-state index in [1.165, 1.54) is 0 Å². The van der Waals surface area contributed by atoms with Crippen LogP contribution < -0.4 is 5.32 Å². The summed E-state index contributed by atoms with van der Waals surface area (Å²) in [5.41, 5.74) is 0.0810. The molecule has 9 heavy (non-hydrogen) atoms. The third kappa shape index (κ3) is 1.23. The van der Waals surface area contributed by atoms with Crippen molar-refractivity contribution in [3.63, 3.8) is 0 Å². The van der Waals surface area contributed by atoms with Crippen molar-refractivity contribution in [1.82, 2.24) is 5.32 Å². The summed E-state index contributed by atoms with van der Waals surface area (Å²) in [4.78, 5) is 0. The summed E-state index contributed by atoms with van der Waals surface area (Å²) >= 11 is 0. The smallest absolute Gasteiger partial charge is 0.128 e. The molecule has 1 nitrogen and oxygen atoms in total. The minimum Gasteiger partial charge on any atom is -0.308 e. The molecule has 0 aliphatic carbocycles. The first kappa shape index (κ1) is 7.00. The first-order valence-corrected chi connectivity index (χ1v) is 3.39. The zero-order valence-corrected chi connectivity index (χ0v) is 6.24. The van der Waals surface area contributed by atoms with Gasteiger partial charge in [-0.1, -0.05) is 20.8 Å². The van der Waals surface area contributed by atoms with Crippen LogP contribution in [0, 0.1) is 5.41 Å². The first-order chi connectivity index (χ1) is 4.02. The van der Waals surface area contributed by atoms with Gasteiger partial charge in [0, 0.05) is 12.6 Å². The standard InChI is InChI=1S/C7H14FN/c1-7(2,3)6-5(8)4-9-6/h5-6,9H,4H2,1-3H3. The Morgan fingerprint density at radius 3 is 2.00 bits per heavy atom. The highest BCUT2D eigenvalue weighted by Crippen LogP contribution is 2.27. The Labute approximate surface area is 55.6 Å². The van der Waals surface area contributed by atoms with Gasteiger partial charge in [0.25, 0.3) is 0 Å². The van der Waals surface area contributed by atoms with E-state index in [2.05, 4.69) is 26.1 Å². The van der Waals surface area contributed by atoms with Crippen LogP contribution in [0.25, 0.3) is 0 Å². The van der Waals surface area contributed by atoms with E-state index in [1.54, 1.807) is 0 Å². The van der Waals surface area contributed by atoms with Crippen LogP contribution in [0.2, 0.25) is 0 Å². The highest BCUT2D eigenvalue weighted by Gasteiger charge is 2.38. The SMILES string of the molecule is CC(C)(C)C1NCC1F. The van der Waals surface area contributed by atoms with Crippen molar-refractivity contribution < 1.29 is 4.39 Å². The number of rotatable bonds is 0. The molecule has 0 radical (unpaired) electrons. The Kier molecular flexibility index (Phi) is 1.51. The van der Waals surface area contributed by atoms with E-state index in [4.69, 9.17) is 0 Å². The monoisotopic (exact) mass is 131 g/mol. The maximum atomic E-state index is 12.6. The molecule has 2 unspecified atom stereocenters. The highest BCUT2D eigenvalue weighted by molar-refractivity contribution is 4.95. The molecule has 1 rings (SSSR count). The molecule has 54 valence electrons. The Balaban J connectivity index is 2.44. The van der Waals surface area contributed by atoms with Crippen molar-refractivity contribution in [2.24, 2.45) is 5.41 Å². The van der Waals surface area contributed by atoms with Gasteiger partial charge in [-0.3, -0.25) is 0 Å². The fourth-order valence-electron chi connectivity index (χ4n) is 1.17. The van der Waals surface area contributed by atoms with E-state index in [0.717, 1.165) is 0 Å². The molecule has 1 aliphatic heterocycles. The Morgan fingerprint density at radius 1 is 1.44 bits per heavy atom. The molecule has 0 aromatic carbocycles. The second-order valence-corrected chi connectivity index (χ2v) is 3.77. The fourth-order valence-corrected chi connectivity index (χ4v) is 1.17. The maximum absolute atomic E-state index is 12.6. The molecular formula is C7H14FN. The molecule has 2 heteroatoms. The van der Waals surface area contributed by atoms with Crippen LogP contribution in [0.3, 0.4) is 0 Å². The summed E-state index contributed by atoms with van der Waals surface area (Å²) in [6.07, 6.45) is -0.620. The molecule has 1 aliphatic rings. The summed E-state index contributed by atoms with van der Waals surface area (Å²) in [6, 6.07) is 0.0810. The molecule has 0 bridgehead atoms. The molecule has 0 aromatic rings. The Morgan fingerprint density at radius 2 is 2.00 bits per heavy atom. The lowest BCUT2D eigenvalue weighted by molar-refractivity contribution is 0.0737. The van der Waals surface area contributed by atoms with Gasteiger partial charge in [-0.05, 0) is 5.41 Å². The van der Waals surface area contributed by atoms with E-state index < -0.39 is 6.17 Å². The van der Waals surface area contributed by atoms with E-state index in [-0.39, 0.29) is 11.5 Å². The lowest BCUT2D eigenvalue weighted by Crippen LogP contribution is -2.61. The van der Waals surface area contributed by atoms with Gasteiger partial charge in [-0.25, -0.2) is 4.39 Å². The van der Waals surface area contributed by atoms with E-state index >= 15 is 0 Å². The topological polar surface area (TPSA) is 12.0 Å². The highest BCUT2D eigenvalue weighted by atomic mass is 19.1. The summed E-state index contributed by atoms with van der Waals surface area (Å²) in [7, 11) is 0. The summed E-state index contributed by atoms with van der Waals surface area (Å²) in [5, 5.41) is 3.06. The van der Waals surface area contributed by atoms with Crippen molar-refractivity contribution in [1.29, 1.82) is 0 Å². The fraction of sp³-hybridized carbons (Fsp3) is 1.00. The Hall–Kier alpha value is -0.110. The minimum atomic E-state index is -0.620. The second-order valence-electron chi connectivity index (χ2n) is 3.77. The van der Waals surface area contributed by atoms with E-state index in [1.807, 2.05) is 0 Å². The predicted molar refractivity (Wildman–Crippen MR) is 36.1 cm³/mol. The van der Waals surface area contributed by atoms with E-state index in [9.17, 15) is 4.39 Å². The van der Waals surface area contributed by atoms with Crippen LogP contribution in [0.1, 0.15) is 20.8 Å². The van der Waals surface area contributed by atoms with Crippen molar-refractivity contribution in [3.8, 4) is 0 Å². The average Bonchev–Trinajstić information content (AvgIpc) is 1.57. The summed E-state index contributed by atoms with van der Waals surface area (Å²) < 4.78 is 12.6. The number of hydrogen-bond acceptors (Lipinski definition) is 1. The zero-order valence-electron chi connectivity index (χ0n) is 6.24.